The van der Waals surface area contributed by atoms with Gasteiger partial charge in [-0.25, -0.2) is 0 Å². The van der Waals surface area contributed by atoms with Crippen LogP contribution in [0.5, 0.6) is 0 Å². The van der Waals surface area contributed by atoms with Gasteiger partial charge < -0.3 is 4.90 Å². The molecule has 0 amide bonds. The predicted molar refractivity (Wildman–Crippen MR) is 67.2 cm³/mol. The lowest BCUT2D eigenvalue weighted by Crippen LogP contribution is -2.40. The van der Waals surface area contributed by atoms with Gasteiger partial charge in [0.1, 0.15) is 5.54 Å². The highest BCUT2D eigenvalue weighted by Gasteiger charge is 2.26. The first-order valence-corrected chi connectivity index (χ1v) is 6.48. The van der Waals surface area contributed by atoms with Gasteiger partial charge in [-0.05, 0) is 59.2 Å². The topological polar surface area (TPSA) is 39.1 Å². The summed E-state index contributed by atoms with van der Waals surface area (Å²) in [6.07, 6.45) is 6.05. The van der Waals surface area contributed by atoms with Gasteiger partial charge in [0.05, 0.1) is 6.07 Å². The van der Waals surface area contributed by atoms with Crippen molar-refractivity contribution in [3.63, 3.8) is 0 Å². The minimum Gasteiger partial charge on any atom is -0.303 e. The predicted octanol–water partition coefficient (Wildman–Crippen LogP) is 2.14. The van der Waals surface area contributed by atoms with Crippen molar-refractivity contribution in [3.8, 4) is 6.07 Å². The van der Waals surface area contributed by atoms with Crippen LogP contribution in [0.1, 0.15) is 46.0 Å². The lowest BCUT2D eigenvalue weighted by Gasteiger charge is -2.23. The minimum absolute atomic E-state index is 0.326. The molecule has 0 aliphatic heterocycles. The maximum atomic E-state index is 9.10. The smallest absolute Gasteiger partial charge is 0.103 e. The van der Waals surface area contributed by atoms with Crippen molar-refractivity contribution in [2.24, 2.45) is 0 Å². The molecule has 1 unspecified atom stereocenters. The average molecular weight is 223 g/mol. The standard InChI is InChI=1S/C13H25N3/c1-4-15-13(2,11-14)9-5-6-10-16(3)12-7-8-12/h12,15H,4-10H2,1-3H3. The van der Waals surface area contributed by atoms with Crippen LogP contribution in [0.4, 0.5) is 0 Å². The largest absolute Gasteiger partial charge is 0.303 e. The maximum Gasteiger partial charge on any atom is 0.103 e. The molecule has 0 saturated heterocycles. The van der Waals surface area contributed by atoms with Crippen LogP contribution >= 0.6 is 0 Å². The first kappa shape index (κ1) is 13.5. The van der Waals surface area contributed by atoms with Crippen molar-refractivity contribution in [3.05, 3.63) is 0 Å². The SMILES string of the molecule is CCNC(C)(C#N)CCCCN(C)C1CC1. The summed E-state index contributed by atoms with van der Waals surface area (Å²) >= 11 is 0. The fourth-order valence-electron chi connectivity index (χ4n) is 2.11. The third-order valence-corrected chi connectivity index (χ3v) is 3.42. The summed E-state index contributed by atoms with van der Waals surface area (Å²) in [5.41, 5.74) is -0.326. The Morgan fingerprint density at radius 3 is 2.62 bits per heavy atom. The van der Waals surface area contributed by atoms with E-state index in [0.29, 0.717) is 0 Å². The van der Waals surface area contributed by atoms with E-state index >= 15 is 0 Å². The second kappa shape index (κ2) is 6.22. The summed E-state index contributed by atoms with van der Waals surface area (Å²) < 4.78 is 0. The summed E-state index contributed by atoms with van der Waals surface area (Å²) in [6, 6.07) is 3.24. The summed E-state index contributed by atoms with van der Waals surface area (Å²) in [6.45, 7) is 6.10. The van der Waals surface area contributed by atoms with Crippen LogP contribution in [-0.2, 0) is 0 Å². The molecule has 0 aromatic carbocycles. The normalized spacial score (nSPS) is 19.4. The highest BCUT2D eigenvalue weighted by Crippen LogP contribution is 2.25. The molecule has 92 valence electrons. The summed E-state index contributed by atoms with van der Waals surface area (Å²) in [7, 11) is 2.21. The summed E-state index contributed by atoms with van der Waals surface area (Å²) in [4.78, 5) is 2.46. The Labute approximate surface area is 99.8 Å². The number of nitrogens with one attached hydrogen (secondary N) is 1. The lowest BCUT2D eigenvalue weighted by atomic mass is 9.96. The molecule has 0 bridgehead atoms. The van der Waals surface area contributed by atoms with Crippen LogP contribution in [0.25, 0.3) is 0 Å². The molecule has 1 fully saturated rings. The number of unbranched alkanes of at least 4 members (excludes halogenated alkanes) is 1. The van der Waals surface area contributed by atoms with Crippen LogP contribution in [-0.4, -0.2) is 36.6 Å². The second-order valence-electron chi connectivity index (χ2n) is 5.14. The zero-order chi connectivity index (χ0) is 12.0. The van der Waals surface area contributed by atoms with Crippen molar-refractivity contribution in [2.75, 3.05) is 20.1 Å². The van der Waals surface area contributed by atoms with E-state index in [0.717, 1.165) is 25.4 Å². The molecule has 1 saturated carbocycles. The Kier molecular flexibility index (Phi) is 5.24. The minimum atomic E-state index is -0.326. The van der Waals surface area contributed by atoms with E-state index in [-0.39, 0.29) is 5.54 Å². The maximum absolute atomic E-state index is 9.10. The monoisotopic (exact) mass is 223 g/mol. The van der Waals surface area contributed by atoms with Crippen molar-refractivity contribution >= 4 is 0 Å². The van der Waals surface area contributed by atoms with Crippen LogP contribution in [0, 0.1) is 11.3 Å². The number of nitriles is 1. The molecule has 1 N–H and O–H groups in total. The van der Waals surface area contributed by atoms with Crippen molar-refractivity contribution in [1.82, 2.24) is 10.2 Å². The first-order valence-electron chi connectivity index (χ1n) is 6.48. The van der Waals surface area contributed by atoms with E-state index in [2.05, 4.69) is 30.3 Å². The Bertz CT molecular complexity index is 242. The van der Waals surface area contributed by atoms with Crippen LogP contribution < -0.4 is 5.32 Å². The molecule has 3 heteroatoms. The Hall–Kier alpha value is -0.590. The molecule has 16 heavy (non-hydrogen) atoms. The Morgan fingerprint density at radius 1 is 1.44 bits per heavy atom. The fraction of sp³-hybridized carbons (Fsp3) is 0.923. The van der Waals surface area contributed by atoms with Gasteiger partial charge in [0.2, 0.25) is 0 Å². The average Bonchev–Trinajstić information content (AvgIpc) is 3.08. The van der Waals surface area contributed by atoms with Crippen LogP contribution in [0.2, 0.25) is 0 Å². The quantitative estimate of drug-likeness (QED) is 0.641. The van der Waals surface area contributed by atoms with Gasteiger partial charge in [0.15, 0.2) is 0 Å². The zero-order valence-electron chi connectivity index (χ0n) is 10.9. The lowest BCUT2D eigenvalue weighted by molar-refractivity contribution is 0.306. The van der Waals surface area contributed by atoms with E-state index < -0.39 is 0 Å². The third kappa shape index (κ3) is 4.51. The van der Waals surface area contributed by atoms with Gasteiger partial charge in [0, 0.05) is 6.04 Å². The van der Waals surface area contributed by atoms with Crippen LogP contribution in [0.15, 0.2) is 0 Å². The molecule has 1 rings (SSSR count). The number of rotatable bonds is 8. The van der Waals surface area contributed by atoms with Gasteiger partial charge in [-0.3, -0.25) is 5.32 Å². The highest BCUT2D eigenvalue weighted by atomic mass is 15.1. The van der Waals surface area contributed by atoms with E-state index in [9.17, 15) is 0 Å². The van der Waals surface area contributed by atoms with E-state index in [1.165, 1.54) is 25.8 Å². The van der Waals surface area contributed by atoms with E-state index in [4.69, 9.17) is 5.26 Å². The molecule has 1 aliphatic carbocycles. The molecule has 1 atom stereocenters. The van der Waals surface area contributed by atoms with Gasteiger partial charge in [-0.15, -0.1) is 0 Å². The first-order chi connectivity index (χ1) is 7.61. The summed E-state index contributed by atoms with van der Waals surface area (Å²) in [5.74, 6) is 0. The van der Waals surface area contributed by atoms with Gasteiger partial charge in [0.25, 0.3) is 0 Å². The molecule has 3 nitrogen and oxygen atoms in total. The van der Waals surface area contributed by atoms with Gasteiger partial charge >= 0.3 is 0 Å². The molecule has 0 aromatic heterocycles. The molecular formula is C13H25N3. The van der Waals surface area contributed by atoms with Gasteiger partial charge in [-0.1, -0.05) is 6.92 Å². The number of hydrogen-bond acceptors (Lipinski definition) is 3. The Morgan fingerprint density at radius 2 is 2.12 bits per heavy atom. The molecule has 0 spiro atoms. The van der Waals surface area contributed by atoms with Crippen LogP contribution in [0.3, 0.4) is 0 Å². The van der Waals surface area contributed by atoms with Gasteiger partial charge in [-0.2, -0.15) is 5.26 Å². The second-order valence-corrected chi connectivity index (χ2v) is 5.14. The third-order valence-electron chi connectivity index (χ3n) is 3.42. The molecule has 0 radical (unpaired) electrons. The molecular weight excluding hydrogens is 198 g/mol. The number of hydrogen-bond donors (Lipinski definition) is 1. The fourth-order valence-corrected chi connectivity index (χ4v) is 2.11. The van der Waals surface area contributed by atoms with Crippen molar-refractivity contribution < 1.29 is 0 Å². The van der Waals surface area contributed by atoms with Crippen molar-refractivity contribution in [2.45, 2.75) is 57.5 Å². The number of nitrogens with zero attached hydrogens (tertiary/aromatic N) is 2. The summed E-state index contributed by atoms with van der Waals surface area (Å²) in [5, 5.41) is 12.4. The molecule has 1 aliphatic rings. The van der Waals surface area contributed by atoms with E-state index in [1.54, 1.807) is 0 Å². The molecule has 0 heterocycles. The molecule has 0 aromatic rings. The van der Waals surface area contributed by atoms with E-state index in [1.807, 2.05) is 6.92 Å². The Balaban J connectivity index is 2.10. The highest BCUT2D eigenvalue weighted by molar-refractivity contribution is 5.03. The van der Waals surface area contributed by atoms with Crippen molar-refractivity contribution in [1.29, 1.82) is 5.26 Å². The zero-order valence-corrected chi connectivity index (χ0v) is 10.9.